The number of nitrogens with one attached hydrogen (secondary N) is 2. The van der Waals surface area contributed by atoms with Gasteiger partial charge in [-0.05, 0) is 41.9 Å². The molecule has 1 heterocycles. The van der Waals surface area contributed by atoms with Crippen molar-refractivity contribution in [3.63, 3.8) is 0 Å². The topological polar surface area (TPSA) is 54.8 Å². The van der Waals surface area contributed by atoms with E-state index in [9.17, 15) is 0 Å². The molecule has 0 aliphatic rings. The third-order valence-electron chi connectivity index (χ3n) is 3.54. The van der Waals surface area contributed by atoms with Crippen LogP contribution in [0.2, 0.25) is 5.02 Å². The van der Waals surface area contributed by atoms with E-state index in [1.54, 1.807) is 11.0 Å². The van der Waals surface area contributed by atoms with E-state index in [1.807, 2.05) is 42.5 Å². The number of rotatable bonds is 6. The summed E-state index contributed by atoms with van der Waals surface area (Å²) in [5.41, 5.74) is 2.33. The van der Waals surface area contributed by atoms with Crippen molar-refractivity contribution in [1.29, 1.82) is 0 Å². The molecule has 0 bridgehead atoms. The normalized spacial score (nSPS) is 10.4. The zero-order valence-electron chi connectivity index (χ0n) is 13.5. The van der Waals surface area contributed by atoms with Gasteiger partial charge in [-0.2, -0.15) is 0 Å². The maximum absolute atomic E-state index is 5.99. The first-order chi connectivity index (χ1) is 12.2. The Balaban J connectivity index is 1.46. The second kappa shape index (κ2) is 8.60. The van der Waals surface area contributed by atoms with Crippen LogP contribution < -0.4 is 10.6 Å². The fourth-order valence-electron chi connectivity index (χ4n) is 2.36. The van der Waals surface area contributed by atoms with Crippen LogP contribution in [-0.2, 0) is 13.0 Å². The van der Waals surface area contributed by atoms with Crippen molar-refractivity contribution in [1.82, 2.24) is 20.1 Å². The van der Waals surface area contributed by atoms with Gasteiger partial charge in [0.2, 0.25) is 5.95 Å². The third kappa shape index (κ3) is 5.55. The fourth-order valence-corrected chi connectivity index (χ4v) is 2.77. The second-order valence-electron chi connectivity index (χ2n) is 5.51. The van der Waals surface area contributed by atoms with Crippen molar-refractivity contribution in [3.8, 4) is 0 Å². The summed E-state index contributed by atoms with van der Waals surface area (Å²) in [6.07, 6.45) is 2.56. The lowest BCUT2D eigenvalue weighted by molar-refractivity contribution is 0.687. The van der Waals surface area contributed by atoms with Gasteiger partial charge in [0.05, 0.1) is 6.54 Å². The molecular formula is C18H18ClN5S. The molecule has 0 fully saturated rings. The molecule has 0 atom stereocenters. The zero-order valence-corrected chi connectivity index (χ0v) is 15.1. The molecule has 3 aromatic rings. The van der Waals surface area contributed by atoms with E-state index in [4.69, 9.17) is 23.8 Å². The van der Waals surface area contributed by atoms with Crippen LogP contribution in [0.15, 0.2) is 60.9 Å². The van der Waals surface area contributed by atoms with E-state index in [1.165, 1.54) is 5.56 Å². The number of thiocarbonyl (C=S) groups is 1. The number of nitrogens with zero attached hydrogens (tertiary/aromatic N) is 3. The van der Waals surface area contributed by atoms with Crippen LogP contribution in [0.1, 0.15) is 11.1 Å². The summed E-state index contributed by atoms with van der Waals surface area (Å²) in [4.78, 5) is 4.22. The summed E-state index contributed by atoms with van der Waals surface area (Å²) in [7, 11) is 0. The van der Waals surface area contributed by atoms with Gasteiger partial charge in [-0.25, -0.2) is 9.67 Å². The molecule has 2 N–H and O–H groups in total. The summed E-state index contributed by atoms with van der Waals surface area (Å²) in [5, 5.41) is 11.7. The first kappa shape index (κ1) is 17.4. The van der Waals surface area contributed by atoms with E-state index in [-0.39, 0.29) is 0 Å². The highest BCUT2D eigenvalue weighted by Crippen LogP contribution is 2.11. The summed E-state index contributed by atoms with van der Waals surface area (Å²) in [5.74, 6) is 0.472. The van der Waals surface area contributed by atoms with E-state index in [2.05, 4.69) is 32.8 Å². The van der Waals surface area contributed by atoms with Crippen molar-refractivity contribution in [2.24, 2.45) is 0 Å². The fraction of sp³-hybridized carbons (Fsp3) is 0.167. The molecule has 0 amide bonds. The van der Waals surface area contributed by atoms with Gasteiger partial charge < -0.3 is 5.32 Å². The van der Waals surface area contributed by atoms with E-state index in [0.29, 0.717) is 22.6 Å². The Morgan fingerprint density at radius 3 is 2.68 bits per heavy atom. The third-order valence-corrected chi connectivity index (χ3v) is 4.02. The molecule has 3 rings (SSSR count). The van der Waals surface area contributed by atoms with Crippen LogP contribution in [0, 0.1) is 0 Å². The minimum Gasteiger partial charge on any atom is -0.362 e. The van der Waals surface area contributed by atoms with Crippen molar-refractivity contribution >= 4 is 34.9 Å². The SMILES string of the molecule is S=C(NCCc1ccccc1)Nc1ncn(Cc2cccc(Cl)c2)n1. The molecule has 0 saturated heterocycles. The maximum atomic E-state index is 5.99. The first-order valence-corrected chi connectivity index (χ1v) is 8.70. The van der Waals surface area contributed by atoms with Crippen LogP contribution in [0.25, 0.3) is 0 Å². The molecule has 0 unspecified atom stereocenters. The smallest absolute Gasteiger partial charge is 0.248 e. The van der Waals surface area contributed by atoms with Crippen molar-refractivity contribution in [2.75, 3.05) is 11.9 Å². The number of anilines is 1. The Morgan fingerprint density at radius 1 is 1.08 bits per heavy atom. The Morgan fingerprint density at radius 2 is 1.88 bits per heavy atom. The zero-order chi connectivity index (χ0) is 17.5. The van der Waals surface area contributed by atoms with Gasteiger partial charge in [-0.3, -0.25) is 5.32 Å². The molecule has 5 nitrogen and oxygen atoms in total. The summed E-state index contributed by atoms with van der Waals surface area (Å²) >= 11 is 11.3. The Bertz CT molecular complexity index is 834. The lowest BCUT2D eigenvalue weighted by Crippen LogP contribution is -2.30. The molecule has 128 valence electrons. The van der Waals surface area contributed by atoms with Crippen LogP contribution in [0.3, 0.4) is 0 Å². The van der Waals surface area contributed by atoms with Gasteiger partial charge in [-0.1, -0.05) is 54.1 Å². The average Bonchev–Trinajstić information content (AvgIpc) is 3.02. The maximum Gasteiger partial charge on any atom is 0.248 e. The number of hydrogen-bond acceptors (Lipinski definition) is 3. The van der Waals surface area contributed by atoms with Gasteiger partial charge in [-0.15, -0.1) is 5.10 Å². The molecule has 7 heteroatoms. The molecule has 25 heavy (non-hydrogen) atoms. The van der Waals surface area contributed by atoms with Crippen LogP contribution >= 0.6 is 23.8 Å². The number of aromatic nitrogens is 3. The summed E-state index contributed by atoms with van der Waals surface area (Å²) < 4.78 is 1.74. The van der Waals surface area contributed by atoms with Crippen molar-refractivity contribution < 1.29 is 0 Å². The van der Waals surface area contributed by atoms with Crippen LogP contribution in [0.4, 0.5) is 5.95 Å². The lowest BCUT2D eigenvalue weighted by atomic mass is 10.1. The predicted octanol–water partition coefficient (Wildman–Crippen LogP) is 3.51. The highest BCUT2D eigenvalue weighted by molar-refractivity contribution is 7.80. The van der Waals surface area contributed by atoms with Crippen molar-refractivity contribution in [3.05, 3.63) is 77.1 Å². The molecule has 0 aliphatic heterocycles. The molecule has 1 aromatic heterocycles. The Kier molecular flexibility index (Phi) is 5.98. The monoisotopic (exact) mass is 371 g/mol. The lowest BCUT2D eigenvalue weighted by Gasteiger charge is -2.07. The van der Waals surface area contributed by atoms with E-state index in [0.717, 1.165) is 18.5 Å². The quantitative estimate of drug-likeness (QED) is 0.649. The largest absolute Gasteiger partial charge is 0.362 e. The van der Waals surface area contributed by atoms with Gasteiger partial charge in [0.1, 0.15) is 6.33 Å². The van der Waals surface area contributed by atoms with Gasteiger partial charge >= 0.3 is 0 Å². The van der Waals surface area contributed by atoms with Crippen LogP contribution in [0.5, 0.6) is 0 Å². The molecule has 0 aliphatic carbocycles. The van der Waals surface area contributed by atoms with Gasteiger partial charge in [0.15, 0.2) is 5.11 Å². The number of benzene rings is 2. The van der Waals surface area contributed by atoms with Gasteiger partial charge in [0, 0.05) is 11.6 Å². The average molecular weight is 372 g/mol. The Labute approximate surface area is 157 Å². The highest BCUT2D eigenvalue weighted by Gasteiger charge is 2.04. The van der Waals surface area contributed by atoms with E-state index >= 15 is 0 Å². The molecule has 0 radical (unpaired) electrons. The second-order valence-corrected chi connectivity index (χ2v) is 6.36. The summed E-state index contributed by atoms with van der Waals surface area (Å²) in [6, 6.07) is 17.9. The molecular weight excluding hydrogens is 354 g/mol. The minimum absolute atomic E-state index is 0.472. The summed E-state index contributed by atoms with van der Waals surface area (Å²) in [6.45, 7) is 1.35. The standard InChI is InChI=1S/C18H18ClN5S/c19-16-8-4-7-15(11-16)12-24-13-21-17(23-24)22-18(25)20-10-9-14-5-2-1-3-6-14/h1-8,11,13H,9-10,12H2,(H2,20,22,23,25). The number of halogens is 1. The molecule has 0 saturated carbocycles. The van der Waals surface area contributed by atoms with E-state index < -0.39 is 0 Å². The van der Waals surface area contributed by atoms with Crippen LogP contribution in [-0.4, -0.2) is 26.4 Å². The molecule has 0 spiro atoms. The minimum atomic E-state index is 0.472. The number of hydrogen-bond donors (Lipinski definition) is 2. The first-order valence-electron chi connectivity index (χ1n) is 7.92. The predicted molar refractivity (Wildman–Crippen MR) is 105 cm³/mol. The molecule has 2 aromatic carbocycles. The Hall–Kier alpha value is -2.44. The van der Waals surface area contributed by atoms with Gasteiger partial charge in [0.25, 0.3) is 0 Å². The van der Waals surface area contributed by atoms with Crippen molar-refractivity contribution in [2.45, 2.75) is 13.0 Å². The highest BCUT2D eigenvalue weighted by atomic mass is 35.5.